The van der Waals surface area contributed by atoms with Crippen LogP contribution in [-0.2, 0) is 0 Å². The number of benzene rings is 1. The van der Waals surface area contributed by atoms with Crippen LogP contribution < -0.4 is 5.32 Å². The molecule has 0 spiro atoms. The summed E-state index contributed by atoms with van der Waals surface area (Å²) in [7, 11) is 0. The molecule has 1 amide bonds. The van der Waals surface area contributed by atoms with E-state index < -0.39 is 0 Å². The summed E-state index contributed by atoms with van der Waals surface area (Å²) in [6.45, 7) is 4.63. The van der Waals surface area contributed by atoms with Gasteiger partial charge in [0.05, 0.1) is 0 Å². The van der Waals surface area contributed by atoms with E-state index in [0.717, 1.165) is 18.4 Å². The maximum absolute atomic E-state index is 12.3. The number of rotatable bonds is 7. The molecule has 0 aliphatic carbocycles. The fraction of sp³-hybridized carbons (Fsp3) is 0.412. The van der Waals surface area contributed by atoms with E-state index >= 15 is 0 Å². The van der Waals surface area contributed by atoms with Gasteiger partial charge in [-0.3, -0.25) is 4.79 Å². The van der Waals surface area contributed by atoms with E-state index in [4.69, 9.17) is 4.52 Å². The zero-order valence-corrected chi connectivity index (χ0v) is 12.7. The summed E-state index contributed by atoms with van der Waals surface area (Å²) in [6.07, 6.45) is 4.55. The first-order chi connectivity index (χ1) is 10.2. The van der Waals surface area contributed by atoms with E-state index in [-0.39, 0.29) is 5.91 Å². The molecular formula is C17H22N2O2. The molecule has 4 heteroatoms. The minimum atomic E-state index is -0.107. The molecule has 0 aliphatic rings. The molecule has 1 aromatic heterocycles. The number of aromatic nitrogens is 1. The Morgan fingerprint density at radius 1 is 1.19 bits per heavy atom. The minimum Gasteiger partial charge on any atom is -0.360 e. The van der Waals surface area contributed by atoms with Crippen molar-refractivity contribution in [1.29, 1.82) is 0 Å². The van der Waals surface area contributed by atoms with E-state index in [1.165, 1.54) is 12.8 Å². The van der Waals surface area contributed by atoms with Crippen LogP contribution in [0.5, 0.6) is 0 Å². The van der Waals surface area contributed by atoms with Gasteiger partial charge in [0.2, 0.25) is 0 Å². The maximum Gasteiger partial charge on any atom is 0.257 e. The van der Waals surface area contributed by atoms with Crippen molar-refractivity contribution in [2.75, 3.05) is 6.54 Å². The summed E-state index contributed by atoms with van der Waals surface area (Å²) in [5.74, 6) is 0.448. The Morgan fingerprint density at radius 2 is 1.95 bits per heavy atom. The smallest absolute Gasteiger partial charge is 0.257 e. The quantitative estimate of drug-likeness (QED) is 0.784. The third-order valence-electron chi connectivity index (χ3n) is 3.45. The molecule has 2 aromatic rings. The van der Waals surface area contributed by atoms with Gasteiger partial charge in [-0.05, 0) is 13.3 Å². The number of amides is 1. The molecule has 21 heavy (non-hydrogen) atoms. The highest BCUT2D eigenvalue weighted by Gasteiger charge is 2.20. The van der Waals surface area contributed by atoms with Crippen LogP contribution in [-0.4, -0.2) is 17.6 Å². The van der Waals surface area contributed by atoms with Crippen molar-refractivity contribution in [3.63, 3.8) is 0 Å². The molecule has 0 unspecified atom stereocenters. The van der Waals surface area contributed by atoms with Crippen molar-refractivity contribution < 1.29 is 9.32 Å². The predicted molar refractivity (Wildman–Crippen MR) is 83.2 cm³/mol. The largest absolute Gasteiger partial charge is 0.360 e. The van der Waals surface area contributed by atoms with Crippen LogP contribution in [0.2, 0.25) is 0 Å². The standard InChI is InChI=1S/C17H22N2O2/c1-3-4-5-9-12-18-17(20)15-13(2)21-19-16(15)14-10-7-6-8-11-14/h6-8,10-11H,3-5,9,12H2,1-2H3,(H,18,20). The first kappa shape index (κ1) is 15.3. The minimum absolute atomic E-state index is 0.107. The van der Waals surface area contributed by atoms with Gasteiger partial charge in [-0.2, -0.15) is 0 Å². The zero-order valence-electron chi connectivity index (χ0n) is 12.7. The van der Waals surface area contributed by atoms with Crippen molar-refractivity contribution in [2.24, 2.45) is 0 Å². The van der Waals surface area contributed by atoms with Gasteiger partial charge in [0.25, 0.3) is 5.91 Å². The summed E-state index contributed by atoms with van der Waals surface area (Å²) in [4.78, 5) is 12.3. The number of hydrogen-bond donors (Lipinski definition) is 1. The van der Waals surface area contributed by atoms with Crippen molar-refractivity contribution >= 4 is 5.91 Å². The van der Waals surface area contributed by atoms with Crippen LogP contribution in [0.15, 0.2) is 34.9 Å². The number of hydrogen-bond acceptors (Lipinski definition) is 3. The number of aryl methyl sites for hydroxylation is 1. The molecular weight excluding hydrogens is 264 g/mol. The van der Waals surface area contributed by atoms with Gasteiger partial charge in [-0.25, -0.2) is 0 Å². The van der Waals surface area contributed by atoms with Crippen LogP contribution in [0, 0.1) is 6.92 Å². The highest BCUT2D eigenvalue weighted by molar-refractivity contribution is 6.00. The normalized spacial score (nSPS) is 10.6. The Balaban J connectivity index is 2.06. The lowest BCUT2D eigenvalue weighted by molar-refractivity contribution is 0.0952. The Hall–Kier alpha value is -2.10. The molecule has 0 saturated carbocycles. The van der Waals surface area contributed by atoms with Crippen molar-refractivity contribution in [3.05, 3.63) is 41.7 Å². The van der Waals surface area contributed by atoms with Crippen LogP contribution in [0.3, 0.4) is 0 Å². The van der Waals surface area contributed by atoms with Gasteiger partial charge in [0, 0.05) is 12.1 Å². The molecule has 1 aromatic carbocycles. The summed E-state index contributed by atoms with van der Waals surface area (Å²) >= 11 is 0. The third-order valence-corrected chi connectivity index (χ3v) is 3.45. The van der Waals surface area contributed by atoms with Crippen molar-refractivity contribution in [2.45, 2.75) is 39.5 Å². The Labute approximate surface area is 125 Å². The first-order valence-electron chi connectivity index (χ1n) is 7.54. The average molecular weight is 286 g/mol. The predicted octanol–water partition coefficient (Wildman–Crippen LogP) is 3.96. The van der Waals surface area contributed by atoms with Crippen LogP contribution in [0.1, 0.15) is 48.7 Å². The fourth-order valence-electron chi connectivity index (χ4n) is 2.27. The van der Waals surface area contributed by atoms with E-state index in [1.807, 2.05) is 30.3 Å². The van der Waals surface area contributed by atoms with Crippen LogP contribution in [0.25, 0.3) is 11.3 Å². The first-order valence-corrected chi connectivity index (χ1v) is 7.54. The zero-order chi connectivity index (χ0) is 15.1. The van der Waals surface area contributed by atoms with Crippen LogP contribution >= 0.6 is 0 Å². The summed E-state index contributed by atoms with van der Waals surface area (Å²) in [6, 6.07) is 9.63. The van der Waals surface area contributed by atoms with Gasteiger partial charge < -0.3 is 9.84 Å². The fourth-order valence-corrected chi connectivity index (χ4v) is 2.27. The molecule has 0 atom stereocenters. The molecule has 4 nitrogen and oxygen atoms in total. The monoisotopic (exact) mass is 286 g/mol. The molecule has 0 aliphatic heterocycles. The second-order valence-electron chi connectivity index (χ2n) is 5.14. The summed E-state index contributed by atoms with van der Waals surface area (Å²) < 4.78 is 5.21. The lowest BCUT2D eigenvalue weighted by atomic mass is 10.1. The van der Waals surface area contributed by atoms with Crippen molar-refractivity contribution in [1.82, 2.24) is 10.5 Å². The molecule has 0 saturated heterocycles. The van der Waals surface area contributed by atoms with Gasteiger partial charge in [0.1, 0.15) is 17.0 Å². The number of carbonyl (C=O) groups is 1. The Morgan fingerprint density at radius 3 is 2.67 bits per heavy atom. The maximum atomic E-state index is 12.3. The summed E-state index contributed by atoms with van der Waals surface area (Å²) in [5, 5.41) is 6.98. The number of nitrogens with one attached hydrogen (secondary N) is 1. The molecule has 112 valence electrons. The number of carbonyl (C=O) groups excluding carboxylic acids is 1. The second kappa shape index (κ2) is 7.62. The average Bonchev–Trinajstić information content (AvgIpc) is 2.89. The molecule has 0 fully saturated rings. The molecule has 0 bridgehead atoms. The number of unbranched alkanes of at least 4 members (excludes halogenated alkanes) is 3. The Kier molecular flexibility index (Phi) is 5.55. The SMILES string of the molecule is CCCCCCNC(=O)c1c(-c2ccccc2)noc1C. The van der Waals surface area contributed by atoms with Gasteiger partial charge in [0.15, 0.2) is 0 Å². The van der Waals surface area contributed by atoms with Gasteiger partial charge in [-0.1, -0.05) is 61.7 Å². The molecule has 1 N–H and O–H groups in total. The topological polar surface area (TPSA) is 55.1 Å². The summed E-state index contributed by atoms with van der Waals surface area (Å²) in [5.41, 5.74) is 2.04. The van der Waals surface area contributed by atoms with Gasteiger partial charge >= 0.3 is 0 Å². The highest BCUT2D eigenvalue weighted by Crippen LogP contribution is 2.24. The van der Waals surface area contributed by atoms with E-state index in [1.54, 1.807) is 6.92 Å². The van der Waals surface area contributed by atoms with E-state index in [0.29, 0.717) is 23.6 Å². The second-order valence-corrected chi connectivity index (χ2v) is 5.14. The molecule has 0 radical (unpaired) electrons. The lowest BCUT2D eigenvalue weighted by Crippen LogP contribution is -2.25. The Bertz CT molecular complexity index is 576. The van der Waals surface area contributed by atoms with E-state index in [2.05, 4.69) is 17.4 Å². The van der Waals surface area contributed by atoms with Gasteiger partial charge in [-0.15, -0.1) is 0 Å². The lowest BCUT2D eigenvalue weighted by Gasteiger charge is -2.05. The van der Waals surface area contributed by atoms with Crippen LogP contribution in [0.4, 0.5) is 0 Å². The number of nitrogens with zero attached hydrogens (tertiary/aromatic N) is 1. The highest BCUT2D eigenvalue weighted by atomic mass is 16.5. The van der Waals surface area contributed by atoms with Crippen molar-refractivity contribution in [3.8, 4) is 11.3 Å². The molecule has 2 rings (SSSR count). The van der Waals surface area contributed by atoms with E-state index in [9.17, 15) is 4.79 Å². The third kappa shape index (κ3) is 3.94. The molecule has 1 heterocycles.